The van der Waals surface area contributed by atoms with E-state index in [9.17, 15) is 17.6 Å². The molecule has 2 heterocycles. The summed E-state index contributed by atoms with van der Waals surface area (Å²) in [5.41, 5.74) is 2.63. The highest BCUT2D eigenvalue weighted by Crippen LogP contribution is 2.45. The third-order valence-electron chi connectivity index (χ3n) is 6.55. The van der Waals surface area contributed by atoms with E-state index in [0.717, 1.165) is 43.4 Å². The molecule has 1 atom stereocenters. The van der Waals surface area contributed by atoms with Crippen LogP contribution >= 0.6 is 0 Å². The zero-order chi connectivity index (χ0) is 25.3. The standard InChI is InChI=1S/C27H28FN3O4S/c1-36(33,34)30-27(32)22-13-21(19-10-11-19)25(14-23(22)28)35-17-18-15-31(16-18)26(20-7-3-2-4-8-20)24-9-5-6-12-29-24/h2-9,12-14,18-19,26H,10-11,15-17H2,1H3,(H,30,32)/t26-/m1/s1. The largest absolute Gasteiger partial charge is 0.493 e. The Balaban J connectivity index is 1.27. The molecule has 2 aliphatic rings. The van der Waals surface area contributed by atoms with E-state index in [1.165, 1.54) is 17.7 Å². The molecule has 0 spiro atoms. The van der Waals surface area contributed by atoms with E-state index in [1.807, 2.05) is 41.1 Å². The van der Waals surface area contributed by atoms with Crippen molar-refractivity contribution < 1.29 is 22.3 Å². The topological polar surface area (TPSA) is 88.6 Å². The molecule has 0 radical (unpaired) electrons. The summed E-state index contributed by atoms with van der Waals surface area (Å²) in [5, 5.41) is 0. The number of hydrogen-bond acceptors (Lipinski definition) is 6. The van der Waals surface area contributed by atoms with Gasteiger partial charge in [-0.3, -0.25) is 14.7 Å². The maximum Gasteiger partial charge on any atom is 0.267 e. The quantitative estimate of drug-likeness (QED) is 0.471. The lowest BCUT2D eigenvalue weighted by Crippen LogP contribution is -2.51. The van der Waals surface area contributed by atoms with Gasteiger partial charge < -0.3 is 4.74 Å². The molecule has 2 aromatic carbocycles. The maximum atomic E-state index is 14.8. The van der Waals surface area contributed by atoms with Crippen LogP contribution in [0.3, 0.4) is 0 Å². The van der Waals surface area contributed by atoms with Crippen molar-refractivity contribution in [3.8, 4) is 5.75 Å². The molecule has 2 fully saturated rings. The normalized spacial score (nSPS) is 17.3. The fourth-order valence-electron chi connectivity index (χ4n) is 4.68. The number of hydrogen-bond donors (Lipinski definition) is 1. The van der Waals surface area contributed by atoms with Crippen LogP contribution in [0.5, 0.6) is 5.75 Å². The lowest BCUT2D eigenvalue weighted by atomic mass is 9.93. The predicted octanol–water partition coefficient (Wildman–Crippen LogP) is 3.89. The van der Waals surface area contributed by atoms with E-state index in [-0.39, 0.29) is 23.4 Å². The molecule has 7 nitrogen and oxygen atoms in total. The van der Waals surface area contributed by atoms with Crippen LogP contribution in [0.25, 0.3) is 0 Å². The van der Waals surface area contributed by atoms with E-state index in [4.69, 9.17) is 4.74 Å². The molecule has 1 N–H and O–H groups in total. The number of rotatable bonds is 9. The highest BCUT2D eigenvalue weighted by atomic mass is 32.2. The molecule has 1 saturated heterocycles. The van der Waals surface area contributed by atoms with Gasteiger partial charge in [0.1, 0.15) is 11.6 Å². The summed E-state index contributed by atoms with van der Waals surface area (Å²) >= 11 is 0. The number of carbonyl (C=O) groups is 1. The molecule has 1 amide bonds. The molecule has 1 saturated carbocycles. The average Bonchev–Trinajstić information content (AvgIpc) is 3.66. The van der Waals surface area contributed by atoms with E-state index in [0.29, 0.717) is 12.4 Å². The Kier molecular flexibility index (Phi) is 6.77. The molecular formula is C27H28FN3O4S. The van der Waals surface area contributed by atoms with Gasteiger partial charge in [0.15, 0.2) is 0 Å². The number of pyridine rings is 1. The van der Waals surface area contributed by atoms with Crippen LogP contribution in [0, 0.1) is 11.7 Å². The van der Waals surface area contributed by atoms with Crippen LogP contribution in [0.4, 0.5) is 4.39 Å². The van der Waals surface area contributed by atoms with Gasteiger partial charge in [0.2, 0.25) is 10.0 Å². The van der Waals surface area contributed by atoms with Gasteiger partial charge in [0, 0.05) is 31.3 Å². The summed E-state index contributed by atoms with van der Waals surface area (Å²) < 4.78 is 45.5. The first-order chi connectivity index (χ1) is 17.3. The van der Waals surface area contributed by atoms with Crippen molar-refractivity contribution in [3.05, 3.63) is 95.1 Å². The Morgan fingerprint density at radius 3 is 2.50 bits per heavy atom. The van der Waals surface area contributed by atoms with Gasteiger partial charge in [0.05, 0.1) is 30.2 Å². The van der Waals surface area contributed by atoms with Crippen LogP contribution in [0.1, 0.15) is 52.0 Å². The SMILES string of the molecule is CS(=O)(=O)NC(=O)c1cc(C2CC2)c(OCC2CN([C@H](c3ccccc3)c3ccccn3)C2)cc1F. The number of carbonyl (C=O) groups excluding carboxylic acids is 1. The molecule has 36 heavy (non-hydrogen) atoms. The lowest BCUT2D eigenvalue weighted by molar-refractivity contribution is 0.0363. The van der Waals surface area contributed by atoms with Gasteiger partial charge in [-0.05, 0) is 48.1 Å². The summed E-state index contributed by atoms with van der Waals surface area (Å²) in [6, 6.07) is 18.9. The highest BCUT2D eigenvalue weighted by molar-refractivity contribution is 7.89. The molecular weight excluding hydrogens is 481 g/mol. The second-order valence-electron chi connectivity index (χ2n) is 9.55. The van der Waals surface area contributed by atoms with Crippen molar-refractivity contribution in [3.63, 3.8) is 0 Å². The molecule has 1 aromatic heterocycles. The third kappa shape index (κ3) is 5.57. The van der Waals surface area contributed by atoms with Crippen molar-refractivity contribution in [1.29, 1.82) is 0 Å². The van der Waals surface area contributed by atoms with E-state index in [1.54, 1.807) is 6.20 Å². The summed E-state index contributed by atoms with van der Waals surface area (Å²) in [4.78, 5) is 19.2. The van der Waals surface area contributed by atoms with E-state index >= 15 is 0 Å². The molecule has 9 heteroatoms. The van der Waals surface area contributed by atoms with Gasteiger partial charge in [-0.15, -0.1) is 0 Å². The Morgan fingerprint density at radius 2 is 1.86 bits per heavy atom. The first kappa shape index (κ1) is 24.4. The second kappa shape index (κ2) is 9.99. The molecule has 188 valence electrons. The molecule has 3 aromatic rings. The van der Waals surface area contributed by atoms with Crippen molar-refractivity contribution in [2.24, 2.45) is 5.92 Å². The van der Waals surface area contributed by atoms with Crippen molar-refractivity contribution in [2.75, 3.05) is 26.0 Å². The lowest BCUT2D eigenvalue weighted by Gasteiger charge is -2.44. The number of halogens is 1. The molecule has 0 unspecified atom stereocenters. The Hall–Kier alpha value is -3.30. The minimum atomic E-state index is -3.79. The zero-order valence-electron chi connectivity index (χ0n) is 19.9. The summed E-state index contributed by atoms with van der Waals surface area (Å²) in [6.45, 7) is 2.05. The Bertz CT molecular complexity index is 1300. The van der Waals surface area contributed by atoms with Crippen LogP contribution in [-0.2, 0) is 10.0 Å². The molecule has 5 rings (SSSR count). The molecule has 1 aliphatic carbocycles. The third-order valence-corrected chi connectivity index (χ3v) is 7.10. The van der Waals surface area contributed by atoms with Crippen LogP contribution in [0.15, 0.2) is 66.9 Å². The minimum Gasteiger partial charge on any atom is -0.493 e. The summed E-state index contributed by atoms with van der Waals surface area (Å²) in [5.74, 6) is -0.892. The van der Waals surface area contributed by atoms with Gasteiger partial charge >= 0.3 is 0 Å². The molecule has 1 aliphatic heterocycles. The molecule has 0 bridgehead atoms. The first-order valence-electron chi connectivity index (χ1n) is 12.0. The first-order valence-corrected chi connectivity index (χ1v) is 13.9. The zero-order valence-corrected chi connectivity index (χ0v) is 20.7. The Morgan fingerprint density at radius 1 is 1.14 bits per heavy atom. The number of benzene rings is 2. The minimum absolute atomic E-state index is 0.0516. The van der Waals surface area contributed by atoms with Crippen LogP contribution < -0.4 is 9.46 Å². The van der Waals surface area contributed by atoms with Gasteiger partial charge in [-0.2, -0.15) is 0 Å². The number of sulfonamides is 1. The van der Waals surface area contributed by atoms with Gasteiger partial charge in [-0.1, -0.05) is 36.4 Å². The fraction of sp³-hybridized carbons (Fsp3) is 0.333. The Labute approximate surface area is 210 Å². The number of amides is 1. The number of ether oxygens (including phenoxy) is 1. The maximum absolute atomic E-state index is 14.8. The van der Waals surface area contributed by atoms with Crippen LogP contribution in [-0.4, -0.2) is 50.2 Å². The monoisotopic (exact) mass is 509 g/mol. The van der Waals surface area contributed by atoms with Crippen molar-refractivity contribution in [2.45, 2.75) is 24.8 Å². The van der Waals surface area contributed by atoms with E-state index in [2.05, 4.69) is 22.0 Å². The van der Waals surface area contributed by atoms with Gasteiger partial charge in [-0.25, -0.2) is 17.5 Å². The van der Waals surface area contributed by atoms with Crippen LogP contribution in [0.2, 0.25) is 0 Å². The fourth-order valence-corrected chi connectivity index (χ4v) is 5.13. The van der Waals surface area contributed by atoms with Gasteiger partial charge in [0.25, 0.3) is 5.91 Å². The number of aromatic nitrogens is 1. The van der Waals surface area contributed by atoms with Crippen molar-refractivity contribution >= 4 is 15.9 Å². The highest BCUT2D eigenvalue weighted by Gasteiger charge is 2.36. The summed E-state index contributed by atoms with van der Waals surface area (Å²) in [6.07, 6.45) is 4.52. The van der Waals surface area contributed by atoms with Crippen molar-refractivity contribution in [1.82, 2.24) is 14.6 Å². The number of likely N-dealkylation sites (tertiary alicyclic amines) is 1. The number of nitrogens with zero attached hydrogens (tertiary/aromatic N) is 2. The second-order valence-corrected chi connectivity index (χ2v) is 11.3. The van der Waals surface area contributed by atoms with E-state index < -0.39 is 21.7 Å². The predicted molar refractivity (Wildman–Crippen MR) is 134 cm³/mol. The number of nitrogens with one attached hydrogen (secondary N) is 1. The summed E-state index contributed by atoms with van der Waals surface area (Å²) in [7, 11) is -3.79. The smallest absolute Gasteiger partial charge is 0.267 e. The average molecular weight is 510 g/mol.